The summed E-state index contributed by atoms with van der Waals surface area (Å²) in [5, 5.41) is 13.1. The third-order valence-corrected chi connectivity index (χ3v) is 3.86. The summed E-state index contributed by atoms with van der Waals surface area (Å²) in [7, 11) is 0. The van der Waals surface area contributed by atoms with Crippen LogP contribution in [0, 0.1) is 6.92 Å². The molecule has 0 aromatic heterocycles. The van der Waals surface area contributed by atoms with Crippen LogP contribution in [0.4, 0.5) is 5.69 Å². The Balaban J connectivity index is 2.07. The lowest BCUT2D eigenvalue weighted by molar-refractivity contribution is 0.172. The molecule has 1 aliphatic carbocycles. The second kappa shape index (κ2) is 4.54. The minimum absolute atomic E-state index is 0.190. The summed E-state index contributed by atoms with van der Waals surface area (Å²) in [6.07, 6.45) is 2.91. The first kappa shape index (κ1) is 11.0. The molecule has 1 aromatic rings. The largest absolute Gasteiger partial charge is 0.391 e. The number of nitrogens with one attached hydrogen (secondary N) is 1. The van der Waals surface area contributed by atoms with Gasteiger partial charge in [0, 0.05) is 10.2 Å². The summed E-state index contributed by atoms with van der Waals surface area (Å²) in [6.45, 7) is 2.07. The second-order valence-corrected chi connectivity index (χ2v) is 5.07. The van der Waals surface area contributed by atoms with E-state index in [0.717, 1.165) is 29.4 Å². The summed E-state index contributed by atoms with van der Waals surface area (Å²) in [5.41, 5.74) is 2.31. The molecule has 15 heavy (non-hydrogen) atoms. The molecule has 1 aromatic carbocycles. The van der Waals surface area contributed by atoms with Crippen LogP contribution in [-0.2, 0) is 0 Å². The minimum atomic E-state index is -0.190. The van der Waals surface area contributed by atoms with E-state index in [0.29, 0.717) is 0 Å². The van der Waals surface area contributed by atoms with E-state index in [9.17, 15) is 5.11 Å². The molecule has 2 rings (SSSR count). The molecule has 82 valence electrons. The van der Waals surface area contributed by atoms with Gasteiger partial charge in [0.05, 0.1) is 12.1 Å². The summed E-state index contributed by atoms with van der Waals surface area (Å²) >= 11 is 3.51. The molecule has 2 nitrogen and oxygen atoms in total. The zero-order chi connectivity index (χ0) is 10.8. The van der Waals surface area contributed by atoms with E-state index < -0.39 is 0 Å². The highest BCUT2D eigenvalue weighted by molar-refractivity contribution is 9.10. The number of aliphatic hydroxyl groups is 1. The standard InChI is InChI=1S/C12H16BrNO/c1-8-5-6-9(7-10(8)13)14-11-3-2-4-12(11)15/h5-7,11-12,14-15H,2-4H2,1H3. The maximum Gasteiger partial charge on any atom is 0.0741 e. The Morgan fingerprint density at radius 1 is 1.40 bits per heavy atom. The van der Waals surface area contributed by atoms with Crippen molar-refractivity contribution in [2.75, 3.05) is 5.32 Å². The van der Waals surface area contributed by atoms with Crippen LogP contribution in [-0.4, -0.2) is 17.3 Å². The number of hydrogen-bond acceptors (Lipinski definition) is 2. The molecular weight excluding hydrogens is 254 g/mol. The van der Waals surface area contributed by atoms with Crippen LogP contribution in [0.5, 0.6) is 0 Å². The second-order valence-electron chi connectivity index (χ2n) is 4.21. The molecular formula is C12H16BrNO. The van der Waals surface area contributed by atoms with Crippen molar-refractivity contribution in [3.8, 4) is 0 Å². The van der Waals surface area contributed by atoms with Crippen LogP contribution in [0.2, 0.25) is 0 Å². The smallest absolute Gasteiger partial charge is 0.0741 e. The molecule has 2 unspecified atom stereocenters. The molecule has 1 fully saturated rings. The molecule has 0 amide bonds. The van der Waals surface area contributed by atoms with Gasteiger partial charge in [0.25, 0.3) is 0 Å². The number of aryl methyl sites for hydroxylation is 1. The van der Waals surface area contributed by atoms with Crippen molar-refractivity contribution in [1.29, 1.82) is 0 Å². The summed E-state index contributed by atoms with van der Waals surface area (Å²) in [6, 6.07) is 6.43. The Labute approximate surface area is 98.8 Å². The predicted molar refractivity (Wildman–Crippen MR) is 66.1 cm³/mol. The van der Waals surface area contributed by atoms with Gasteiger partial charge in [-0.1, -0.05) is 22.0 Å². The van der Waals surface area contributed by atoms with E-state index in [1.165, 1.54) is 5.56 Å². The van der Waals surface area contributed by atoms with Crippen LogP contribution in [0.15, 0.2) is 22.7 Å². The average molecular weight is 270 g/mol. The van der Waals surface area contributed by atoms with Gasteiger partial charge in [0.15, 0.2) is 0 Å². The molecule has 1 aliphatic rings. The lowest BCUT2D eigenvalue weighted by atomic mass is 10.2. The quantitative estimate of drug-likeness (QED) is 0.865. The highest BCUT2D eigenvalue weighted by Gasteiger charge is 2.24. The third kappa shape index (κ3) is 2.52. The topological polar surface area (TPSA) is 32.3 Å². The third-order valence-electron chi connectivity index (χ3n) is 3.00. The molecule has 0 bridgehead atoms. The van der Waals surface area contributed by atoms with E-state index >= 15 is 0 Å². The Bertz CT molecular complexity index is 353. The molecule has 2 atom stereocenters. The van der Waals surface area contributed by atoms with Gasteiger partial charge in [-0.3, -0.25) is 0 Å². The van der Waals surface area contributed by atoms with Gasteiger partial charge in [-0.15, -0.1) is 0 Å². The number of rotatable bonds is 2. The molecule has 2 N–H and O–H groups in total. The Morgan fingerprint density at radius 3 is 2.80 bits per heavy atom. The zero-order valence-corrected chi connectivity index (χ0v) is 10.4. The fourth-order valence-corrected chi connectivity index (χ4v) is 2.38. The van der Waals surface area contributed by atoms with Crippen molar-refractivity contribution in [3.05, 3.63) is 28.2 Å². The normalized spacial score (nSPS) is 25.5. The van der Waals surface area contributed by atoms with Gasteiger partial charge in [0.1, 0.15) is 0 Å². The number of aliphatic hydroxyl groups excluding tert-OH is 1. The Hall–Kier alpha value is -0.540. The van der Waals surface area contributed by atoms with E-state index in [1.54, 1.807) is 0 Å². The molecule has 1 saturated carbocycles. The number of hydrogen-bond donors (Lipinski definition) is 2. The SMILES string of the molecule is Cc1ccc(NC2CCCC2O)cc1Br. The van der Waals surface area contributed by atoms with E-state index in [4.69, 9.17) is 0 Å². The van der Waals surface area contributed by atoms with Crippen LogP contribution in [0.1, 0.15) is 24.8 Å². The van der Waals surface area contributed by atoms with Gasteiger partial charge >= 0.3 is 0 Å². The lowest BCUT2D eigenvalue weighted by Gasteiger charge is -2.18. The lowest BCUT2D eigenvalue weighted by Crippen LogP contribution is -2.27. The summed E-state index contributed by atoms with van der Waals surface area (Å²) in [5.74, 6) is 0. The first-order valence-corrected chi connectivity index (χ1v) is 6.17. The maximum atomic E-state index is 9.70. The first-order valence-electron chi connectivity index (χ1n) is 5.37. The van der Waals surface area contributed by atoms with Gasteiger partial charge < -0.3 is 10.4 Å². The van der Waals surface area contributed by atoms with Gasteiger partial charge in [0.2, 0.25) is 0 Å². The zero-order valence-electron chi connectivity index (χ0n) is 8.83. The van der Waals surface area contributed by atoms with E-state index in [-0.39, 0.29) is 12.1 Å². The van der Waals surface area contributed by atoms with E-state index in [2.05, 4.69) is 46.4 Å². The number of halogens is 1. The van der Waals surface area contributed by atoms with Crippen LogP contribution >= 0.6 is 15.9 Å². The van der Waals surface area contributed by atoms with Crippen LogP contribution < -0.4 is 5.32 Å². The fraction of sp³-hybridized carbons (Fsp3) is 0.500. The molecule has 0 saturated heterocycles. The van der Waals surface area contributed by atoms with Crippen molar-refractivity contribution in [2.45, 2.75) is 38.3 Å². The van der Waals surface area contributed by atoms with Gasteiger partial charge in [-0.25, -0.2) is 0 Å². The van der Waals surface area contributed by atoms with E-state index in [1.807, 2.05) is 0 Å². The first-order chi connectivity index (χ1) is 7.16. The number of anilines is 1. The van der Waals surface area contributed by atoms with Crippen LogP contribution in [0.25, 0.3) is 0 Å². The predicted octanol–water partition coefficient (Wildman–Crippen LogP) is 3.08. The van der Waals surface area contributed by atoms with Gasteiger partial charge in [-0.05, 0) is 43.9 Å². The Kier molecular flexibility index (Phi) is 3.32. The van der Waals surface area contributed by atoms with Gasteiger partial charge in [-0.2, -0.15) is 0 Å². The number of benzene rings is 1. The summed E-state index contributed by atoms with van der Waals surface area (Å²) in [4.78, 5) is 0. The monoisotopic (exact) mass is 269 g/mol. The Morgan fingerprint density at radius 2 is 2.20 bits per heavy atom. The molecule has 0 heterocycles. The average Bonchev–Trinajstić information content (AvgIpc) is 2.59. The van der Waals surface area contributed by atoms with Crippen molar-refractivity contribution in [3.63, 3.8) is 0 Å². The highest BCUT2D eigenvalue weighted by atomic mass is 79.9. The van der Waals surface area contributed by atoms with Crippen molar-refractivity contribution < 1.29 is 5.11 Å². The molecule has 0 radical (unpaired) electrons. The molecule has 3 heteroatoms. The fourth-order valence-electron chi connectivity index (χ4n) is 2.01. The molecule has 0 spiro atoms. The van der Waals surface area contributed by atoms with Crippen molar-refractivity contribution in [2.24, 2.45) is 0 Å². The maximum absolute atomic E-state index is 9.70. The van der Waals surface area contributed by atoms with Crippen LogP contribution in [0.3, 0.4) is 0 Å². The minimum Gasteiger partial charge on any atom is -0.391 e. The van der Waals surface area contributed by atoms with Crippen molar-refractivity contribution >= 4 is 21.6 Å². The summed E-state index contributed by atoms with van der Waals surface area (Å²) < 4.78 is 1.11. The molecule has 0 aliphatic heterocycles. The van der Waals surface area contributed by atoms with Crippen molar-refractivity contribution in [1.82, 2.24) is 0 Å². The highest BCUT2D eigenvalue weighted by Crippen LogP contribution is 2.25.